The van der Waals surface area contributed by atoms with Gasteiger partial charge in [-0.2, -0.15) is 0 Å². The predicted octanol–water partition coefficient (Wildman–Crippen LogP) is 5.97. The average molecular weight is 347 g/mol. The summed E-state index contributed by atoms with van der Waals surface area (Å²) in [5, 5.41) is 0. The number of nitrogens with one attached hydrogen (secondary N) is 1. The van der Waals surface area contributed by atoms with Crippen molar-refractivity contribution < 1.29 is 4.42 Å². The summed E-state index contributed by atoms with van der Waals surface area (Å²) < 4.78 is 5.94. The van der Waals surface area contributed by atoms with Crippen LogP contribution in [0.1, 0.15) is 53.0 Å². The second-order valence-electron chi connectivity index (χ2n) is 9.02. The van der Waals surface area contributed by atoms with Gasteiger partial charge in [0.15, 0.2) is 5.58 Å². The number of aromatic nitrogens is 3. The van der Waals surface area contributed by atoms with Gasteiger partial charge < -0.3 is 9.40 Å². The smallest absolute Gasteiger partial charge is 0.200 e. The molecule has 4 aromatic rings. The number of H-pyrrole nitrogens is 1. The summed E-state index contributed by atoms with van der Waals surface area (Å²) in [5.74, 6) is 1.61. The van der Waals surface area contributed by atoms with E-state index in [1.165, 1.54) is 5.56 Å². The van der Waals surface area contributed by atoms with Crippen LogP contribution in [0.5, 0.6) is 0 Å². The second kappa shape index (κ2) is 5.44. The van der Waals surface area contributed by atoms with Crippen LogP contribution in [0, 0.1) is 0 Å². The van der Waals surface area contributed by atoms with Crippen LogP contribution in [0.2, 0.25) is 0 Å². The minimum Gasteiger partial charge on any atom is -0.440 e. The van der Waals surface area contributed by atoms with Gasteiger partial charge in [-0.3, -0.25) is 0 Å². The molecule has 0 aliphatic rings. The molecule has 0 fully saturated rings. The van der Waals surface area contributed by atoms with Gasteiger partial charge in [-0.15, -0.1) is 0 Å². The fourth-order valence-electron chi connectivity index (χ4n) is 3.02. The number of hydrogen-bond donors (Lipinski definition) is 1. The van der Waals surface area contributed by atoms with Crippen molar-refractivity contribution in [1.82, 2.24) is 15.0 Å². The molecule has 0 amide bonds. The van der Waals surface area contributed by atoms with E-state index < -0.39 is 0 Å². The molecular formula is C22H25N3O. The largest absolute Gasteiger partial charge is 0.440 e. The number of oxazole rings is 1. The number of aromatic amines is 1. The van der Waals surface area contributed by atoms with Crippen LogP contribution in [0.15, 0.2) is 40.8 Å². The maximum atomic E-state index is 5.94. The molecule has 0 unspecified atom stereocenters. The Balaban J connectivity index is 1.76. The molecule has 0 aliphatic heterocycles. The van der Waals surface area contributed by atoms with E-state index in [4.69, 9.17) is 9.40 Å². The van der Waals surface area contributed by atoms with Crippen molar-refractivity contribution in [3.8, 4) is 11.4 Å². The first kappa shape index (κ1) is 16.8. The lowest BCUT2D eigenvalue weighted by Gasteiger charge is -2.18. The Morgan fingerprint density at radius 2 is 1.50 bits per heavy atom. The van der Waals surface area contributed by atoms with Crippen molar-refractivity contribution in [2.75, 3.05) is 0 Å². The van der Waals surface area contributed by atoms with Crippen molar-refractivity contribution in [3.63, 3.8) is 0 Å². The fourth-order valence-corrected chi connectivity index (χ4v) is 3.02. The van der Waals surface area contributed by atoms with E-state index in [0.29, 0.717) is 0 Å². The summed E-state index contributed by atoms with van der Waals surface area (Å²) in [5.41, 5.74) is 5.94. The molecule has 4 nitrogen and oxygen atoms in total. The van der Waals surface area contributed by atoms with E-state index in [1.807, 2.05) is 12.1 Å². The topological polar surface area (TPSA) is 54.7 Å². The number of nitrogens with zero attached hydrogens (tertiary/aromatic N) is 2. The number of benzene rings is 2. The number of rotatable bonds is 1. The van der Waals surface area contributed by atoms with Crippen LogP contribution >= 0.6 is 0 Å². The Kier molecular flexibility index (Phi) is 3.52. The number of imidazole rings is 1. The van der Waals surface area contributed by atoms with Gasteiger partial charge in [-0.25, -0.2) is 9.97 Å². The minimum absolute atomic E-state index is 0.111. The standard InChI is InChI=1S/C22H25N3O/c1-21(2,3)14-9-7-13(8-10-14)19-23-15-11-17-18(12-16(15)24-19)26-20(25-17)22(4,5)6/h7-12H,1-6H3,(H,23,24). The monoisotopic (exact) mass is 347 g/mol. The van der Waals surface area contributed by atoms with Crippen LogP contribution in [0.4, 0.5) is 0 Å². The van der Waals surface area contributed by atoms with Crippen LogP contribution in [0.25, 0.3) is 33.5 Å². The molecule has 26 heavy (non-hydrogen) atoms. The van der Waals surface area contributed by atoms with Crippen LogP contribution in [0.3, 0.4) is 0 Å². The Morgan fingerprint density at radius 3 is 2.12 bits per heavy atom. The van der Waals surface area contributed by atoms with Gasteiger partial charge in [0.05, 0.1) is 11.0 Å². The van der Waals surface area contributed by atoms with E-state index in [9.17, 15) is 0 Å². The Bertz CT molecular complexity index is 1040. The molecule has 4 heteroatoms. The summed E-state index contributed by atoms with van der Waals surface area (Å²) in [7, 11) is 0. The molecular weight excluding hydrogens is 322 g/mol. The molecule has 4 rings (SSSR count). The molecule has 0 bridgehead atoms. The van der Waals surface area contributed by atoms with Gasteiger partial charge in [-0.1, -0.05) is 65.8 Å². The lowest BCUT2D eigenvalue weighted by molar-refractivity contribution is 0.411. The van der Waals surface area contributed by atoms with Crippen LogP contribution in [-0.2, 0) is 10.8 Å². The summed E-state index contributed by atoms with van der Waals surface area (Å²) >= 11 is 0. The second-order valence-corrected chi connectivity index (χ2v) is 9.02. The zero-order chi connectivity index (χ0) is 18.7. The summed E-state index contributed by atoms with van der Waals surface area (Å²) in [4.78, 5) is 12.8. The zero-order valence-electron chi connectivity index (χ0n) is 16.3. The van der Waals surface area contributed by atoms with E-state index in [0.717, 1.165) is 39.4 Å². The normalized spacial score (nSPS) is 13.0. The lowest BCUT2D eigenvalue weighted by Crippen LogP contribution is -2.10. The third-order valence-corrected chi connectivity index (χ3v) is 4.66. The molecule has 0 saturated heterocycles. The molecule has 0 saturated carbocycles. The third-order valence-electron chi connectivity index (χ3n) is 4.66. The number of hydrogen-bond acceptors (Lipinski definition) is 3. The lowest BCUT2D eigenvalue weighted by atomic mass is 9.87. The minimum atomic E-state index is -0.111. The molecule has 2 aromatic heterocycles. The van der Waals surface area contributed by atoms with Crippen LogP contribution in [-0.4, -0.2) is 15.0 Å². The average Bonchev–Trinajstić information content (AvgIpc) is 3.14. The maximum absolute atomic E-state index is 5.94. The van der Waals surface area contributed by atoms with Gasteiger partial charge >= 0.3 is 0 Å². The van der Waals surface area contributed by atoms with Gasteiger partial charge in [0.1, 0.15) is 11.3 Å². The highest BCUT2D eigenvalue weighted by molar-refractivity contribution is 5.91. The molecule has 134 valence electrons. The van der Waals surface area contributed by atoms with E-state index in [2.05, 4.69) is 75.8 Å². The summed E-state index contributed by atoms with van der Waals surface area (Å²) in [6, 6.07) is 12.6. The van der Waals surface area contributed by atoms with E-state index in [1.54, 1.807) is 0 Å². The van der Waals surface area contributed by atoms with Crippen molar-refractivity contribution in [1.29, 1.82) is 0 Å². The van der Waals surface area contributed by atoms with Crippen molar-refractivity contribution in [3.05, 3.63) is 47.9 Å². The highest BCUT2D eigenvalue weighted by Gasteiger charge is 2.21. The maximum Gasteiger partial charge on any atom is 0.200 e. The molecule has 1 N–H and O–H groups in total. The van der Waals surface area contributed by atoms with Gasteiger partial charge in [0, 0.05) is 17.0 Å². The first-order valence-corrected chi connectivity index (χ1v) is 9.03. The van der Waals surface area contributed by atoms with Crippen molar-refractivity contribution in [2.45, 2.75) is 52.4 Å². The number of fused-ring (bicyclic) bond motifs is 2. The predicted molar refractivity (Wildman–Crippen MR) is 106 cm³/mol. The molecule has 2 aromatic carbocycles. The molecule has 0 aliphatic carbocycles. The highest BCUT2D eigenvalue weighted by Crippen LogP contribution is 2.30. The Hall–Kier alpha value is -2.62. The molecule has 0 spiro atoms. The van der Waals surface area contributed by atoms with E-state index in [-0.39, 0.29) is 10.8 Å². The summed E-state index contributed by atoms with van der Waals surface area (Å²) in [6.45, 7) is 13.0. The zero-order valence-corrected chi connectivity index (χ0v) is 16.3. The first-order valence-electron chi connectivity index (χ1n) is 9.03. The molecule has 0 radical (unpaired) electrons. The van der Waals surface area contributed by atoms with Crippen molar-refractivity contribution >= 4 is 22.1 Å². The Morgan fingerprint density at radius 1 is 0.808 bits per heavy atom. The van der Waals surface area contributed by atoms with Gasteiger partial charge in [0.25, 0.3) is 0 Å². The quantitative estimate of drug-likeness (QED) is 0.462. The first-order chi connectivity index (χ1) is 12.1. The highest BCUT2D eigenvalue weighted by atomic mass is 16.3. The van der Waals surface area contributed by atoms with Crippen molar-refractivity contribution in [2.24, 2.45) is 0 Å². The molecule has 0 atom stereocenters. The summed E-state index contributed by atoms with van der Waals surface area (Å²) in [6.07, 6.45) is 0. The fraction of sp³-hybridized carbons (Fsp3) is 0.364. The van der Waals surface area contributed by atoms with Gasteiger partial charge in [0.2, 0.25) is 5.89 Å². The third kappa shape index (κ3) is 2.90. The Labute approximate surface area is 153 Å². The molecule has 2 heterocycles. The SMILES string of the molecule is CC(C)(C)c1ccc(-c2nc3cc4oc(C(C)(C)C)nc4cc3[nH]2)cc1. The van der Waals surface area contributed by atoms with E-state index >= 15 is 0 Å². The van der Waals surface area contributed by atoms with Gasteiger partial charge in [-0.05, 0) is 17.0 Å². The van der Waals surface area contributed by atoms with Crippen LogP contribution < -0.4 is 0 Å².